The molecule has 166 valence electrons. The van der Waals surface area contributed by atoms with Crippen molar-refractivity contribution in [3.8, 4) is 11.3 Å². The predicted octanol–water partition coefficient (Wildman–Crippen LogP) is 5.69. The molecule has 0 amide bonds. The Morgan fingerprint density at radius 3 is 2.21 bits per heavy atom. The number of rotatable bonds is 7. The molecule has 1 aromatic heterocycles. The van der Waals surface area contributed by atoms with Gasteiger partial charge in [-0.3, -0.25) is 5.01 Å². The topological polar surface area (TPSA) is 41.0 Å². The fraction of sp³-hybridized carbons (Fsp3) is 0.185. The molecule has 3 aromatic carbocycles. The van der Waals surface area contributed by atoms with E-state index in [4.69, 9.17) is 14.8 Å². The van der Waals surface area contributed by atoms with Gasteiger partial charge >= 0.3 is 0 Å². The zero-order valence-electron chi connectivity index (χ0n) is 18.4. The van der Waals surface area contributed by atoms with Gasteiger partial charge in [-0.1, -0.05) is 90.2 Å². The minimum atomic E-state index is 0.692. The molecule has 6 heteroatoms. The molecule has 0 bridgehead atoms. The van der Waals surface area contributed by atoms with Gasteiger partial charge in [-0.15, -0.1) is 0 Å². The highest BCUT2D eigenvalue weighted by Gasteiger charge is 2.19. The van der Waals surface area contributed by atoms with Gasteiger partial charge in [-0.05, 0) is 17.7 Å². The van der Waals surface area contributed by atoms with Crippen LogP contribution in [0.1, 0.15) is 10.4 Å². The third kappa shape index (κ3) is 5.30. The molecule has 1 aliphatic rings. The summed E-state index contributed by atoms with van der Waals surface area (Å²) in [6.45, 7) is 3.90. The van der Waals surface area contributed by atoms with Gasteiger partial charge in [-0.25, -0.2) is 4.98 Å². The summed E-state index contributed by atoms with van der Waals surface area (Å²) in [7, 11) is 0. The second-order valence-electron chi connectivity index (χ2n) is 7.80. The lowest BCUT2D eigenvalue weighted by atomic mass is 10.1. The Hall–Kier alpha value is -3.48. The fourth-order valence-corrected chi connectivity index (χ4v) is 4.78. The van der Waals surface area contributed by atoms with Crippen LogP contribution in [-0.2, 0) is 11.3 Å². The molecule has 4 aromatic rings. The van der Waals surface area contributed by atoms with Gasteiger partial charge in [0.1, 0.15) is 0 Å². The Morgan fingerprint density at radius 1 is 0.879 bits per heavy atom. The maximum atomic E-state index is 5.53. The number of morpholine rings is 1. The van der Waals surface area contributed by atoms with Crippen LogP contribution in [0, 0.1) is 0 Å². The van der Waals surface area contributed by atoms with Crippen molar-refractivity contribution in [2.24, 2.45) is 5.10 Å². The number of hydrogen-bond donors (Lipinski definition) is 0. The molecule has 0 atom stereocenters. The average Bonchev–Trinajstić information content (AvgIpc) is 3.33. The number of benzene rings is 3. The van der Waals surface area contributed by atoms with Crippen LogP contribution in [0.3, 0.4) is 0 Å². The third-order valence-electron chi connectivity index (χ3n) is 5.51. The number of aromatic nitrogens is 1. The largest absolute Gasteiger partial charge is 0.378 e. The average molecular weight is 455 g/mol. The van der Waals surface area contributed by atoms with Gasteiger partial charge in [0.25, 0.3) is 0 Å². The van der Waals surface area contributed by atoms with E-state index in [2.05, 4.69) is 65.6 Å². The van der Waals surface area contributed by atoms with E-state index in [1.54, 1.807) is 11.3 Å². The van der Waals surface area contributed by atoms with Gasteiger partial charge in [-0.2, -0.15) is 5.10 Å². The predicted molar refractivity (Wildman–Crippen MR) is 137 cm³/mol. The van der Waals surface area contributed by atoms with E-state index in [9.17, 15) is 0 Å². The van der Waals surface area contributed by atoms with Crippen LogP contribution in [0.5, 0.6) is 0 Å². The summed E-state index contributed by atoms with van der Waals surface area (Å²) in [5, 5.41) is 8.00. The van der Waals surface area contributed by atoms with Crippen molar-refractivity contribution in [2.75, 3.05) is 36.2 Å². The Morgan fingerprint density at radius 2 is 1.52 bits per heavy atom. The minimum absolute atomic E-state index is 0.692. The second-order valence-corrected chi connectivity index (χ2v) is 8.81. The number of ether oxygens (including phenoxy) is 1. The molecule has 0 aliphatic carbocycles. The molecule has 1 aliphatic heterocycles. The lowest BCUT2D eigenvalue weighted by Gasteiger charge is -2.26. The maximum absolute atomic E-state index is 5.53. The Labute approximate surface area is 198 Å². The summed E-state index contributed by atoms with van der Waals surface area (Å²) >= 11 is 1.69. The molecule has 1 fully saturated rings. The highest BCUT2D eigenvalue weighted by molar-refractivity contribution is 7.17. The van der Waals surface area contributed by atoms with E-state index in [0.29, 0.717) is 6.54 Å². The molecule has 0 saturated carbocycles. The zero-order valence-corrected chi connectivity index (χ0v) is 19.2. The van der Waals surface area contributed by atoms with Crippen molar-refractivity contribution in [3.05, 3.63) is 101 Å². The monoisotopic (exact) mass is 454 g/mol. The van der Waals surface area contributed by atoms with E-state index in [1.807, 2.05) is 41.6 Å². The summed E-state index contributed by atoms with van der Waals surface area (Å²) in [6.07, 6.45) is 1.96. The van der Waals surface area contributed by atoms with Crippen LogP contribution in [0.2, 0.25) is 0 Å². The molecule has 5 rings (SSSR count). The van der Waals surface area contributed by atoms with Crippen molar-refractivity contribution in [3.63, 3.8) is 0 Å². The molecular weight excluding hydrogens is 428 g/mol. The lowest BCUT2D eigenvalue weighted by molar-refractivity contribution is 0.122. The van der Waals surface area contributed by atoms with Crippen LogP contribution in [0.15, 0.2) is 96.1 Å². The van der Waals surface area contributed by atoms with E-state index >= 15 is 0 Å². The molecule has 0 N–H and O–H groups in total. The van der Waals surface area contributed by atoms with E-state index in [1.165, 1.54) is 5.56 Å². The highest BCUT2D eigenvalue weighted by atomic mass is 32.1. The molecule has 0 unspecified atom stereocenters. The third-order valence-corrected chi connectivity index (χ3v) is 6.57. The fourth-order valence-electron chi connectivity index (χ4n) is 3.78. The summed E-state index contributed by atoms with van der Waals surface area (Å²) in [5.41, 5.74) is 4.33. The number of hydrazone groups is 1. The van der Waals surface area contributed by atoms with Crippen LogP contribution in [0.25, 0.3) is 11.3 Å². The van der Waals surface area contributed by atoms with Crippen molar-refractivity contribution >= 4 is 28.4 Å². The number of hydrogen-bond acceptors (Lipinski definition) is 6. The quantitative estimate of drug-likeness (QED) is 0.266. The zero-order chi connectivity index (χ0) is 22.3. The first-order chi connectivity index (χ1) is 16.4. The summed E-state index contributed by atoms with van der Waals surface area (Å²) in [5.74, 6) is 0. The molecule has 1 saturated heterocycles. The van der Waals surface area contributed by atoms with Crippen LogP contribution in [-0.4, -0.2) is 37.5 Å². The first kappa shape index (κ1) is 21.4. The number of nitrogens with zero attached hydrogens (tertiary/aromatic N) is 4. The van der Waals surface area contributed by atoms with Crippen molar-refractivity contribution in [1.29, 1.82) is 0 Å². The number of anilines is 2. The molecule has 2 heterocycles. The van der Waals surface area contributed by atoms with Gasteiger partial charge in [0.05, 0.1) is 42.2 Å². The Bertz CT molecular complexity index is 1170. The standard InChI is InChI=1S/C27H26N4OS/c1-4-10-22(11-5-1)21-31(24-14-8-3-9-15-24)28-20-25-26(23-12-6-2-7-13-23)29-27(33-25)30-16-18-32-19-17-30/h1-15,20H,16-19,21H2/b28-20+. The lowest BCUT2D eigenvalue weighted by Crippen LogP contribution is -2.36. The molecule has 5 nitrogen and oxygen atoms in total. The summed E-state index contributed by atoms with van der Waals surface area (Å²) in [6, 6.07) is 31.1. The van der Waals surface area contributed by atoms with Crippen molar-refractivity contribution < 1.29 is 4.74 Å². The van der Waals surface area contributed by atoms with Crippen molar-refractivity contribution in [2.45, 2.75) is 6.54 Å². The van der Waals surface area contributed by atoms with Gasteiger partial charge in [0.2, 0.25) is 0 Å². The van der Waals surface area contributed by atoms with E-state index < -0.39 is 0 Å². The Kier molecular flexibility index (Phi) is 6.75. The molecule has 0 radical (unpaired) electrons. The van der Waals surface area contributed by atoms with Crippen LogP contribution in [0.4, 0.5) is 10.8 Å². The van der Waals surface area contributed by atoms with Crippen LogP contribution >= 0.6 is 11.3 Å². The first-order valence-corrected chi connectivity index (χ1v) is 12.0. The van der Waals surface area contributed by atoms with Gasteiger partial charge < -0.3 is 9.64 Å². The SMILES string of the molecule is C(=N\N(Cc1ccccc1)c1ccccc1)/c1sc(N2CCOCC2)nc1-c1ccccc1. The molecule has 33 heavy (non-hydrogen) atoms. The molecule has 0 spiro atoms. The summed E-state index contributed by atoms with van der Waals surface area (Å²) in [4.78, 5) is 8.37. The molecular formula is C27H26N4OS. The van der Waals surface area contributed by atoms with E-state index in [-0.39, 0.29) is 0 Å². The Balaban J connectivity index is 1.49. The second kappa shape index (κ2) is 10.4. The number of para-hydroxylation sites is 1. The smallest absolute Gasteiger partial charge is 0.186 e. The minimum Gasteiger partial charge on any atom is -0.378 e. The van der Waals surface area contributed by atoms with Gasteiger partial charge in [0, 0.05) is 18.7 Å². The van der Waals surface area contributed by atoms with E-state index in [0.717, 1.165) is 53.3 Å². The van der Waals surface area contributed by atoms with Gasteiger partial charge in [0.15, 0.2) is 5.13 Å². The first-order valence-electron chi connectivity index (χ1n) is 11.2. The summed E-state index contributed by atoms with van der Waals surface area (Å²) < 4.78 is 5.53. The highest BCUT2D eigenvalue weighted by Crippen LogP contribution is 2.32. The van der Waals surface area contributed by atoms with Crippen LogP contribution < -0.4 is 9.91 Å². The normalized spacial score (nSPS) is 14.0. The number of thiazole rings is 1. The maximum Gasteiger partial charge on any atom is 0.186 e. The van der Waals surface area contributed by atoms with Crippen molar-refractivity contribution in [1.82, 2.24) is 4.98 Å².